The number of rotatable bonds is 4. The van der Waals surface area contributed by atoms with Crippen LogP contribution in [0.1, 0.15) is 31.9 Å². The van der Waals surface area contributed by atoms with E-state index in [0.29, 0.717) is 6.54 Å². The molecule has 1 aliphatic heterocycles. The third kappa shape index (κ3) is 5.09. The summed E-state index contributed by atoms with van der Waals surface area (Å²) in [6, 6.07) is 8.51. The fourth-order valence-corrected chi connectivity index (χ4v) is 2.45. The number of amides is 1. The van der Waals surface area contributed by atoms with Gasteiger partial charge in [0, 0.05) is 19.6 Å². The Morgan fingerprint density at radius 3 is 2.61 bits per heavy atom. The second kappa shape index (κ2) is 8.52. The largest absolute Gasteiger partial charge is 0.369 e. The van der Waals surface area contributed by atoms with Crippen LogP contribution in [0.15, 0.2) is 29.3 Å². The first kappa shape index (κ1) is 19.7. The van der Waals surface area contributed by atoms with E-state index in [4.69, 9.17) is 5.73 Å². The number of halogens is 1. The number of benzene rings is 1. The van der Waals surface area contributed by atoms with Crippen LogP contribution in [0.5, 0.6) is 0 Å². The van der Waals surface area contributed by atoms with E-state index in [-0.39, 0.29) is 29.9 Å². The van der Waals surface area contributed by atoms with Crippen LogP contribution < -0.4 is 11.1 Å². The number of carbonyl (C=O) groups is 1. The molecule has 0 bridgehead atoms. The lowest BCUT2D eigenvalue weighted by Gasteiger charge is -2.32. The van der Waals surface area contributed by atoms with Crippen LogP contribution in [-0.4, -0.2) is 36.4 Å². The van der Waals surface area contributed by atoms with Crippen molar-refractivity contribution in [2.24, 2.45) is 16.1 Å². The zero-order valence-electron chi connectivity index (χ0n) is 14.1. The Hall–Kier alpha value is -1.31. The predicted molar refractivity (Wildman–Crippen MR) is 105 cm³/mol. The SMILES string of the molecule is CCNC(=NCC(C)(C)C(N)=O)N1CCc2ccccc2C1.I. The number of aliphatic imine (C=N–C) groups is 1. The van der Waals surface area contributed by atoms with Crippen LogP contribution in [0, 0.1) is 5.41 Å². The number of primary amides is 1. The summed E-state index contributed by atoms with van der Waals surface area (Å²) < 4.78 is 0. The van der Waals surface area contributed by atoms with Gasteiger partial charge in [0.25, 0.3) is 0 Å². The molecule has 1 heterocycles. The fourth-order valence-electron chi connectivity index (χ4n) is 2.45. The summed E-state index contributed by atoms with van der Waals surface area (Å²) in [5, 5.41) is 3.32. The number of hydrogen-bond donors (Lipinski definition) is 2. The minimum Gasteiger partial charge on any atom is -0.369 e. The minimum atomic E-state index is -0.631. The monoisotopic (exact) mass is 430 g/mol. The van der Waals surface area contributed by atoms with Gasteiger partial charge in [-0.25, -0.2) is 0 Å². The summed E-state index contributed by atoms with van der Waals surface area (Å²) >= 11 is 0. The van der Waals surface area contributed by atoms with Crippen LogP contribution >= 0.6 is 24.0 Å². The van der Waals surface area contributed by atoms with E-state index in [1.165, 1.54) is 11.1 Å². The van der Waals surface area contributed by atoms with Crippen LogP contribution in [-0.2, 0) is 17.8 Å². The summed E-state index contributed by atoms with van der Waals surface area (Å²) in [5.41, 5.74) is 7.55. The molecule has 1 aromatic carbocycles. The maximum absolute atomic E-state index is 11.5. The van der Waals surface area contributed by atoms with Crippen LogP contribution in [0.25, 0.3) is 0 Å². The zero-order chi connectivity index (χ0) is 16.2. The van der Waals surface area contributed by atoms with Gasteiger partial charge in [-0.3, -0.25) is 9.79 Å². The van der Waals surface area contributed by atoms with Gasteiger partial charge in [0.15, 0.2) is 5.96 Å². The molecule has 6 heteroatoms. The van der Waals surface area contributed by atoms with Crippen LogP contribution in [0.4, 0.5) is 0 Å². The molecule has 0 aliphatic carbocycles. The second-order valence-electron chi connectivity index (χ2n) is 6.36. The molecule has 0 saturated heterocycles. The molecular weight excluding hydrogens is 403 g/mol. The van der Waals surface area contributed by atoms with E-state index in [0.717, 1.165) is 32.0 Å². The molecule has 3 N–H and O–H groups in total. The first-order chi connectivity index (χ1) is 10.4. The summed E-state index contributed by atoms with van der Waals surface area (Å²) in [6.45, 7) is 8.67. The Morgan fingerprint density at radius 1 is 1.35 bits per heavy atom. The number of nitrogens with two attached hydrogens (primary N) is 1. The molecule has 0 radical (unpaired) electrons. The molecule has 0 aromatic heterocycles. The van der Waals surface area contributed by atoms with Crippen molar-refractivity contribution in [3.05, 3.63) is 35.4 Å². The topological polar surface area (TPSA) is 70.7 Å². The second-order valence-corrected chi connectivity index (χ2v) is 6.36. The van der Waals surface area contributed by atoms with Crippen molar-refractivity contribution in [3.8, 4) is 0 Å². The van der Waals surface area contributed by atoms with Gasteiger partial charge in [-0.15, -0.1) is 24.0 Å². The smallest absolute Gasteiger partial charge is 0.224 e. The highest BCUT2D eigenvalue weighted by Crippen LogP contribution is 2.19. The summed E-state index contributed by atoms with van der Waals surface area (Å²) in [7, 11) is 0. The average molecular weight is 430 g/mol. The molecule has 2 rings (SSSR count). The van der Waals surface area contributed by atoms with Gasteiger partial charge in [0.05, 0.1) is 12.0 Å². The van der Waals surface area contributed by atoms with Crippen LogP contribution in [0.3, 0.4) is 0 Å². The highest BCUT2D eigenvalue weighted by atomic mass is 127. The first-order valence-corrected chi connectivity index (χ1v) is 7.84. The number of guanidine groups is 1. The predicted octanol–water partition coefficient (Wildman–Crippen LogP) is 2.14. The van der Waals surface area contributed by atoms with E-state index in [9.17, 15) is 4.79 Å². The number of carbonyl (C=O) groups excluding carboxylic acids is 1. The van der Waals surface area contributed by atoms with Crippen molar-refractivity contribution < 1.29 is 4.79 Å². The lowest BCUT2D eigenvalue weighted by Crippen LogP contribution is -2.45. The third-order valence-electron chi connectivity index (χ3n) is 4.06. The molecule has 0 atom stereocenters. The Balaban J connectivity index is 0.00000264. The summed E-state index contributed by atoms with van der Waals surface area (Å²) in [4.78, 5) is 18.3. The number of fused-ring (bicyclic) bond motifs is 1. The van der Waals surface area contributed by atoms with Gasteiger partial charge in [0.1, 0.15) is 0 Å². The number of nitrogens with one attached hydrogen (secondary N) is 1. The first-order valence-electron chi connectivity index (χ1n) is 7.84. The van der Waals surface area contributed by atoms with Crippen molar-refractivity contribution >= 4 is 35.8 Å². The molecule has 0 unspecified atom stereocenters. The molecular formula is C17H27IN4O. The summed E-state index contributed by atoms with van der Waals surface area (Å²) in [6.07, 6.45) is 1.01. The number of nitrogens with zero attached hydrogens (tertiary/aromatic N) is 2. The molecule has 0 saturated carbocycles. The molecule has 1 amide bonds. The Kier molecular flexibility index (Phi) is 7.31. The van der Waals surface area contributed by atoms with Crippen molar-refractivity contribution in [3.63, 3.8) is 0 Å². The van der Waals surface area contributed by atoms with Gasteiger partial charge < -0.3 is 16.0 Å². The van der Waals surface area contributed by atoms with Gasteiger partial charge in [0.2, 0.25) is 5.91 Å². The maximum Gasteiger partial charge on any atom is 0.224 e. The van der Waals surface area contributed by atoms with E-state index in [1.807, 2.05) is 20.8 Å². The molecule has 0 spiro atoms. The third-order valence-corrected chi connectivity index (χ3v) is 4.06. The highest BCUT2D eigenvalue weighted by molar-refractivity contribution is 14.0. The Bertz CT molecular complexity index is 571. The van der Waals surface area contributed by atoms with Gasteiger partial charge in [-0.1, -0.05) is 24.3 Å². The quantitative estimate of drug-likeness (QED) is 0.437. The normalized spacial score (nSPS) is 14.7. The standard InChI is InChI=1S/C17H26N4O.HI/c1-4-19-16(20-12-17(2,3)15(18)22)21-10-9-13-7-5-6-8-14(13)11-21;/h5-8H,4,9-12H2,1-3H3,(H2,18,22)(H,19,20);1H. The van der Waals surface area contributed by atoms with E-state index in [2.05, 4.69) is 39.5 Å². The van der Waals surface area contributed by atoms with Crippen molar-refractivity contribution in [1.82, 2.24) is 10.2 Å². The fraction of sp³-hybridized carbons (Fsp3) is 0.529. The van der Waals surface area contributed by atoms with Crippen molar-refractivity contribution in [1.29, 1.82) is 0 Å². The van der Waals surface area contributed by atoms with Gasteiger partial charge in [-0.05, 0) is 38.3 Å². The maximum atomic E-state index is 11.5. The van der Waals surface area contributed by atoms with Crippen molar-refractivity contribution in [2.45, 2.75) is 33.7 Å². The van der Waals surface area contributed by atoms with E-state index < -0.39 is 5.41 Å². The van der Waals surface area contributed by atoms with Crippen molar-refractivity contribution in [2.75, 3.05) is 19.6 Å². The lowest BCUT2D eigenvalue weighted by molar-refractivity contribution is -0.125. The molecule has 5 nitrogen and oxygen atoms in total. The summed E-state index contributed by atoms with van der Waals surface area (Å²) in [5.74, 6) is 0.530. The molecule has 0 fully saturated rings. The van der Waals surface area contributed by atoms with Gasteiger partial charge in [-0.2, -0.15) is 0 Å². The number of hydrogen-bond acceptors (Lipinski definition) is 2. The average Bonchev–Trinajstić information content (AvgIpc) is 2.50. The lowest BCUT2D eigenvalue weighted by atomic mass is 9.93. The molecule has 23 heavy (non-hydrogen) atoms. The Labute approximate surface area is 155 Å². The zero-order valence-corrected chi connectivity index (χ0v) is 16.5. The van der Waals surface area contributed by atoms with Gasteiger partial charge >= 0.3 is 0 Å². The molecule has 1 aromatic rings. The molecule has 1 aliphatic rings. The van der Waals surface area contributed by atoms with E-state index in [1.54, 1.807) is 0 Å². The Morgan fingerprint density at radius 2 is 2.00 bits per heavy atom. The minimum absolute atomic E-state index is 0. The van der Waals surface area contributed by atoms with Crippen LogP contribution in [0.2, 0.25) is 0 Å². The van der Waals surface area contributed by atoms with E-state index >= 15 is 0 Å². The molecule has 128 valence electrons. The highest BCUT2D eigenvalue weighted by Gasteiger charge is 2.26.